The topological polar surface area (TPSA) is 71.9 Å². The minimum absolute atomic E-state index is 0.289. The maximum atomic E-state index is 13.6. The van der Waals surface area contributed by atoms with E-state index in [0.717, 1.165) is 25.3 Å². The number of H-pyrrole nitrogens is 1. The van der Waals surface area contributed by atoms with Crippen molar-refractivity contribution in [3.05, 3.63) is 62.4 Å². The van der Waals surface area contributed by atoms with Gasteiger partial charge in [0, 0.05) is 12.3 Å². The summed E-state index contributed by atoms with van der Waals surface area (Å²) in [7, 11) is 0. The number of nitrogens with zero attached hydrogens (tertiary/aromatic N) is 1. The number of carbonyl (C=O) groups is 1. The van der Waals surface area contributed by atoms with Gasteiger partial charge in [-0.1, -0.05) is 0 Å². The van der Waals surface area contributed by atoms with Gasteiger partial charge in [-0.05, 0) is 19.1 Å². The molecule has 0 aliphatic heterocycles. The van der Waals surface area contributed by atoms with Gasteiger partial charge in [0.25, 0.3) is 5.56 Å². The monoisotopic (exact) mass is 266 g/mol. The molecule has 0 saturated carbocycles. The lowest BCUT2D eigenvalue weighted by Crippen LogP contribution is -2.37. The molecule has 19 heavy (non-hydrogen) atoms. The molecule has 0 aliphatic carbocycles. The van der Waals surface area contributed by atoms with Crippen molar-refractivity contribution in [2.75, 3.05) is 0 Å². The Kier molecular flexibility index (Phi) is 3.12. The summed E-state index contributed by atoms with van der Waals surface area (Å²) in [4.78, 5) is 36.9. The Bertz CT molecular complexity index is 777. The second-order valence-electron chi connectivity index (χ2n) is 3.80. The molecule has 1 heterocycles. The maximum Gasteiger partial charge on any atom is 0.333 e. The molecule has 7 heteroatoms. The van der Waals surface area contributed by atoms with Crippen molar-refractivity contribution in [2.24, 2.45) is 0 Å². The first-order chi connectivity index (χ1) is 8.91. The summed E-state index contributed by atoms with van der Waals surface area (Å²) < 4.78 is 26.8. The van der Waals surface area contributed by atoms with Crippen LogP contribution in [0.5, 0.6) is 0 Å². The number of carbonyl (C=O) groups excluding carboxylic acids is 1. The van der Waals surface area contributed by atoms with Gasteiger partial charge in [0.05, 0.1) is 11.3 Å². The molecule has 1 aromatic carbocycles. The summed E-state index contributed by atoms with van der Waals surface area (Å²) >= 11 is 0. The highest BCUT2D eigenvalue weighted by Gasteiger charge is 2.15. The zero-order valence-corrected chi connectivity index (χ0v) is 9.74. The zero-order chi connectivity index (χ0) is 14.2. The number of hydrogen-bond acceptors (Lipinski definition) is 3. The number of nitrogens with one attached hydrogen (secondary N) is 1. The van der Waals surface area contributed by atoms with Crippen LogP contribution in [0.15, 0.2) is 34.0 Å². The van der Waals surface area contributed by atoms with Crippen molar-refractivity contribution in [3.63, 3.8) is 0 Å². The molecule has 0 aliphatic rings. The van der Waals surface area contributed by atoms with Gasteiger partial charge in [-0.3, -0.25) is 9.59 Å². The summed E-state index contributed by atoms with van der Waals surface area (Å²) in [5.74, 6) is -2.49. The fourth-order valence-corrected chi connectivity index (χ4v) is 1.61. The number of benzene rings is 1. The average Bonchev–Trinajstić information content (AvgIpc) is 2.31. The second-order valence-corrected chi connectivity index (χ2v) is 3.80. The number of aromatic amines is 1. The van der Waals surface area contributed by atoms with E-state index in [2.05, 4.69) is 4.98 Å². The number of rotatable bonds is 2. The quantitative estimate of drug-likeness (QED) is 0.824. The molecule has 5 nitrogen and oxygen atoms in total. The normalized spacial score (nSPS) is 10.5. The minimum Gasteiger partial charge on any atom is -0.313 e. The third kappa shape index (κ3) is 2.22. The van der Waals surface area contributed by atoms with E-state index in [1.54, 1.807) is 0 Å². The van der Waals surface area contributed by atoms with E-state index in [9.17, 15) is 23.2 Å². The predicted molar refractivity (Wildman–Crippen MR) is 62.6 cm³/mol. The van der Waals surface area contributed by atoms with Crippen LogP contribution < -0.4 is 11.2 Å². The molecule has 98 valence electrons. The molecule has 0 spiro atoms. The summed E-state index contributed by atoms with van der Waals surface area (Å²) in [5.41, 5.74) is -2.58. The fraction of sp³-hybridized carbons (Fsp3) is 0.0833. The third-order valence-electron chi connectivity index (χ3n) is 2.51. The largest absolute Gasteiger partial charge is 0.333 e. The van der Waals surface area contributed by atoms with Crippen molar-refractivity contribution in [1.29, 1.82) is 0 Å². The first-order valence-electron chi connectivity index (χ1n) is 5.23. The van der Waals surface area contributed by atoms with Crippen molar-refractivity contribution < 1.29 is 13.6 Å². The number of aromatic nitrogens is 2. The van der Waals surface area contributed by atoms with Crippen LogP contribution >= 0.6 is 0 Å². The Balaban J connectivity index is 2.82. The molecule has 0 fully saturated rings. The fourth-order valence-electron chi connectivity index (χ4n) is 1.61. The molecule has 0 bridgehead atoms. The van der Waals surface area contributed by atoms with Crippen molar-refractivity contribution in [1.82, 2.24) is 9.55 Å². The molecule has 0 unspecified atom stereocenters. The Morgan fingerprint density at radius 3 is 2.53 bits per heavy atom. The Labute approximate surface area is 105 Å². The van der Waals surface area contributed by atoms with E-state index in [-0.39, 0.29) is 5.56 Å². The van der Waals surface area contributed by atoms with Gasteiger partial charge in [0.15, 0.2) is 5.78 Å². The van der Waals surface area contributed by atoms with Gasteiger partial charge in [0.2, 0.25) is 0 Å². The summed E-state index contributed by atoms with van der Waals surface area (Å²) in [6.45, 7) is 1.14. The Morgan fingerprint density at radius 2 is 1.95 bits per heavy atom. The lowest BCUT2D eigenvalue weighted by atomic mass is 10.2. The molecule has 2 rings (SSSR count). The van der Waals surface area contributed by atoms with Gasteiger partial charge in [-0.15, -0.1) is 0 Å². The predicted octanol–water partition coefficient (Wildman–Crippen LogP) is 1.01. The summed E-state index contributed by atoms with van der Waals surface area (Å²) in [6, 6.07) is 2.40. The Morgan fingerprint density at radius 1 is 1.26 bits per heavy atom. The second kappa shape index (κ2) is 4.60. The molecule has 0 radical (unpaired) electrons. The van der Waals surface area contributed by atoms with E-state index in [0.29, 0.717) is 10.6 Å². The molecule has 0 atom stereocenters. The van der Waals surface area contributed by atoms with E-state index in [4.69, 9.17) is 0 Å². The van der Waals surface area contributed by atoms with E-state index in [1.807, 2.05) is 0 Å². The molecule has 2 aromatic rings. The smallest absolute Gasteiger partial charge is 0.313 e. The molecule has 0 saturated heterocycles. The summed E-state index contributed by atoms with van der Waals surface area (Å²) in [6.07, 6.45) is 0.963. The van der Waals surface area contributed by atoms with Crippen LogP contribution in [0, 0.1) is 11.6 Å². The molecular formula is C12H8F2N2O3. The number of hydrogen-bond donors (Lipinski definition) is 1. The van der Waals surface area contributed by atoms with Gasteiger partial charge in [-0.2, -0.15) is 0 Å². The molecular weight excluding hydrogens is 258 g/mol. The van der Waals surface area contributed by atoms with Crippen LogP contribution in [-0.2, 0) is 0 Å². The highest BCUT2D eigenvalue weighted by Crippen LogP contribution is 2.11. The first kappa shape index (κ1) is 12.9. The Hall–Kier alpha value is -2.57. The van der Waals surface area contributed by atoms with Crippen molar-refractivity contribution in [2.45, 2.75) is 6.92 Å². The van der Waals surface area contributed by atoms with Gasteiger partial charge in [-0.25, -0.2) is 18.1 Å². The SMILES string of the molecule is CC(=O)c1c[nH]c(=O)n(-c2ccc(F)cc2F)c1=O. The standard InChI is InChI=1S/C12H8F2N2O3/c1-6(17)8-5-15-12(19)16(11(8)18)10-3-2-7(13)4-9(10)14/h2-5H,1H3,(H,15,19). The number of Topliss-reactive ketones (excluding diaryl/α,β-unsaturated/α-hetero) is 1. The molecule has 1 N–H and O–H groups in total. The highest BCUT2D eigenvalue weighted by atomic mass is 19.1. The van der Waals surface area contributed by atoms with Gasteiger partial charge >= 0.3 is 5.69 Å². The minimum atomic E-state index is -1.08. The lowest BCUT2D eigenvalue weighted by Gasteiger charge is -2.06. The van der Waals surface area contributed by atoms with Crippen LogP contribution in [0.2, 0.25) is 0 Å². The van der Waals surface area contributed by atoms with Crippen molar-refractivity contribution >= 4 is 5.78 Å². The lowest BCUT2D eigenvalue weighted by molar-refractivity contribution is 0.101. The average molecular weight is 266 g/mol. The summed E-state index contributed by atoms with van der Waals surface area (Å²) in [5, 5.41) is 0. The van der Waals surface area contributed by atoms with E-state index >= 15 is 0 Å². The van der Waals surface area contributed by atoms with Gasteiger partial charge in [0.1, 0.15) is 11.6 Å². The van der Waals surface area contributed by atoms with E-state index < -0.39 is 34.4 Å². The van der Waals surface area contributed by atoms with Crippen molar-refractivity contribution in [3.8, 4) is 5.69 Å². The van der Waals surface area contributed by atoms with Crippen LogP contribution in [0.25, 0.3) is 5.69 Å². The maximum absolute atomic E-state index is 13.6. The number of halogens is 2. The molecule has 0 amide bonds. The number of ketones is 1. The highest BCUT2D eigenvalue weighted by molar-refractivity contribution is 5.93. The molecule has 1 aromatic heterocycles. The van der Waals surface area contributed by atoms with Crippen LogP contribution in [0.3, 0.4) is 0 Å². The zero-order valence-electron chi connectivity index (χ0n) is 9.74. The van der Waals surface area contributed by atoms with Crippen LogP contribution in [0.4, 0.5) is 8.78 Å². The van der Waals surface area contributed by atoms with Crippen LogP contribution in [0.1, 0.15) is 17.3 Å². The van der Waals surface area contributed by atoms with Crippen LogP contribution in [-0.4, -0.2) is 15.3 Å². The van der Waals surface area contributed by atoms with E-state index in [1.165, 1.54) is 0 Å². The first-order valence-corrected chi connectivity index (χ1v) is 5.23. The third-order valence-corrected chi connectivity index (χ3v) is 2.51. The van der Waals surface area contributed by atoms with Gasteiger partial charge < -0.3 is 4.98 Å².